The molecule has 2 heterocycles. The molecule has 50 valence electrons. The second-order valence-corrected chi connectivity index (χ2v) is 2.84. The summed E-state index contributed by atoms with van der Waals surface area (Å²) >= 11 is 1.46. The van der Waals surface area contributed by atoms with Gasteiger partial charge in [0.05, 0.1) is 22.8 Å². The highest BCUT2D eigenvalue weighted by atomic mass is 32.1. The molecule has 2 aromatic heterocycles. The van der Waals surface area contributed by atoms with Gasteiger partial charge in [-0.1, -0.05) is 0 Å². The van der Waals surface area contributed by atoms with E-state index in [-0.39, 0.29) is 0 Å². The summed E-state index contributed by atoms with van der Waals surface area (Å²) in [5.74, 6) is 0. The largest absolute Gasteiger partial charge is 0.197 e. The van der Waals surface area contributed by atoms with Gasteiger partial charge in [-0.15, -0.1) is 0 Å². The van der Waals surface area contributed by atoms with Gasteiger partial charge in [0.15, 0.2) is 0 Å². The monoisotopic (exact) mass is 151 g/mol. The molecule has 0 unspecified atom stereocenters. The van der Waals surface area contributed by atoms with Crippen molar-refractivity contribution >= 4 is 21.6 Å². The first-order valence-electron chi connectivity index (χ1n) is 2.90. The molecule has 2 rings (SSSR count). The van der Waals surface area contributed by atoms with Crippen LogP contribution in [0.1, 0.15) is 5.69 Å². The zero-order valence-corrected chi connectivity index (χ0v) is 6.22. The van der Waals surface area contributed by atoms with Gasteiger partial charge in [-0.25, -0.2) is 0 Å². The molecule has 0 saturated carbocycles. The van der Waals surface area contributed by atoms with Gasteiger partial charge >= 0.3 is 0 Å². The van der Waals surface area contributed by atoms with E-state index in [1.165, 1.54) is 11.5 Å². The van der Waals surface area contributed by atoms with Gasteiger partial charge in [0.25, 0.3) is 0 Å². The molecule has 2 aromatic rings. The number of rotatable bonds is 0. The molecule has 4 heteroatoms. The van der Waals surface area contributed by atoms with Crippen LogP contribution in [-0.4, -0.2) is 14.6 Å². The Morgan fingerprint density at radius 3 is 2.90 bits per heavy atom. The molecule has 10 heavy (non-hydrogen) atoms. The molecule has 0 spiro atoms. The molecule has 0 atom stereocenters. The Morgan fingerprint density at radius 2 is 2.10 bits per heavy atom. The molecule has 0 radical (unpaired) electrons. The normalized spacial score (nSPS) is 10.5. The second kappa shape index (κ2) is 1.98. The Hall–Kier alpha value is -1.03. The average Bonchev–Trinajstić information content (AvgIpc) is 2.34. The molecule has 0 saturated heterocycles. The van der Waals surface area contributed by atoms with Crippen LogP contribution in [0.4, 0.5) is 0 Å². The lowest BCUT2D eigenvalue weighted by molar-refractivity contribution is 1.05. The van der Waals surface area contributed by atoms with Gasteiger partial charge in [0.2, 0.25) is 0 Å². The lowest BCUT2D eigenvalue weighted by Gasteiger charge is -1.83. The molecule has 0 fully saturated rings. The number of aromatic nitrogens is 3. The van der Waals surface area contributed by atoms with E-state index in [1.807, 2.05) is 6.92 Å². The van der Waals surface area contributed by atoms with Gasteiger partial charge < -0.3 is 0 Å². The Bertz CT molecular complexity index is 355. The first kappa shape index (κ1) is 5.73. The smallest absolute Gasteiger partial charge is 0.0770 e. The van der Waals surface area contributed by atoms with E-state index in [4.69, 9.17) is 0 Å². The Balaban J connectivity index is 2.93. The fourth-order valence-corrected chi connectivity index (χ4v) is 1.55. The SMILES string of the molecule is Cc1nsc2cnncc12. The van der Waals surface area contributed by atoms with E-state index in [2.05, 4.69) is 14.6 Å². The highest BCUT2D eigenvalue weighted by molar-refractivity contribution is 7.13. The molecular formula is C6H5N3S. The van der Waals surface area contributed by atoms with Crippen molar-refractivity contribution in [3.8, 4) is 0 Å². The van der Waals surface area contributed by atoms with Crippen molar-refractivity contribution in [2.24, 2.45) is 0 Å². The van der Waals surface area contributed by atoms with Crippen LogP contribution >= 0.6 is 11.5 Å². The predicted octanol–water partition coefficient (Wildman–Crippen LogP) is 1.39. The minimum atomic E-state index is 1.04. The maximum atomic E-state index is 4.16. The lowest BCUT2D eigenvalue weighted by atomic mass is 10.3. The second-order valence-electron chi connectivity index (χ2n) is 2.04. The van der Waals surface area contributed by atoms with Gasteiger partial charge in [-0.3, -0.25) is 0 Å². The molecule has 3 nitrogen and oxygen atoms in total. The average molecular weight is 151 g/mol. The van der Waals surface area contributed by atoms with E-state index in [0.29, 0.717) is 0 Å². The zero-order chi connectivity index (χ0) is 6.97. The van der Waals surface area contributed by atoms with Crippen LogP contribution < -0.4 is 0 Å². The Morgan fingerprint density at radius 1 is 1.30 bits per heavy atom. The zero-order valence-electron chi connectivity index (χ0n) is 5.40. The van der Waals surface area contributed by atoms with Crippen LogP contribution in [0.25, 0.3) is 10.1 Å². The fourth-order valence-electron chi connectivity index (χ4n) is 0.821. The van der Waals surface area contributed by atoms with Gasteiger partial charge in [-0.05, 0) is 18.5 Å². The third kappa shape index (κ3) is 0.690. The summed E-state index contributed by atoms with van der Waals surface area (Å²) in [4.78, 5) is 0. The Kier molecular flexibility index (Phi) is 1.14. The van der Waals surface area contributed by atoms with E-state index in [0.717, 1.165) is 15.8 Å². The summed E-state index contributed by atoms with van der Waals surface area (Å²) in [6.45, 7) is 1.97. The highest BCUT2D eigenvalue weighted by Crippen LogP contribution is 2.18. The first-order valence-corrected chi connectivity index (χ1v) is 3.68. The van der Waals surface area contributed by atoms with Crippen molar-refractivity contribution in [2.45, 2.75) is 6.92 Å². The molecule has 0 aliphatic heterocycles. The van der Waals surface area contributed by atoms with E-state index in [9.17, 15) is 0 Å². The standard InChI is InChI=1S/C6H5N3S/c1-4-5-2-7-8-3-6(5)10-9-4/h2-3H,1H3. The van der Waals surface area contributed by atoms with Crippen LogP contribution in [0.15, 0.2) is 12.4 Å². The maximum Gasteiger partial charge on any atom is 0.0770 e. The third-order valence-corrected chi connectivity index (χ3v) is 2.25. The summed E-state index contributed by atoms with van der Waals surface area (Å²) in [5.41, 5.74) is 1.04. The summed E-state index contributed by atoms with van der Waals surface area (Å²) in [6.07, 6.45) is 3.48. The number of hydrogen-bond acceptors (Lipinski definition) is 4. The number of aryl methyl sites for hydroxylation is 1. The third-order valence-electron chi connectivity index (χ3n) is 1.36. The predicted molar refractivity (Wildman–Crippen MR) is 39.9 cm³/mol. The molecule has 0 bridgehead atoms. The van der Waals surface area contributed by atoms with Crippen molar-refractivity contribution in [3.05, 3.63) is 18.1 Å². The van der Waals surface area contributed by atoms with Crippen molar-refractivity contribution in [1.29, 1.82) is 0 Å². The minimum absolute atomic E-state index is 1.04. The molecular weight excluding hydrogens is 146 g/mol. The van der Waals surface area contributed by atoms with Gasteiger partial charge in [0.1, 0.15) is 0 Å². The van der Waals surface area contributed by atoms with Crippen molar-refractivity contribution in [1.82, 2.24) is 14.6 Å². The number of hydrogen-bond donors (Lipinski definition) is 0. The van der Waals surface area contributed by atoms with E-state index < -0.39 is 0 Å². The lowest BCUT2D eigenvalue weighted by Crippen LogP contribution is -1.76. The van der Waals surface area contributed by atoms with Crippen LogP contribution in [0.2, 0.25) is 0 Å². The van der Waals surface area contributed by atoms with Crippen LogP contribution in [0.5, 0.6) is 0 Å². The van der Waals surface area contributed by atoms with Crippen molar-refractivity contribution in [3.63, 3.8) is 0 Å². The minimum Gasteiger partial charge on any atom is -0.197 e. The van der Waals surface area contributed by atoms with E-state index >= 15 is 0 Å². The molecule has 0 aliphatic carbocycles. The Labute approximate surface area is 61.9 Å². The summed E-state index contributed by atoms with van der Waals surface area (Å²) in [6, 6.07) is 0. The van der Waals surface area contributed by atoms with Crippen LogP contribution in [0, 0.1) is 6.92 Å². The van der Waals surface area contributed by atoms with Crippen molar-refractivity contribution < 1.29 is 0 Å². The maximum absolute atomic E-state index is 4.16. The molecule has 0 aromatic carbocycles. The summed E-state index contributed by atoms with van der Waals surface area (Å²) in [5, 5.41) is 8.62. The highest BCUT2D eigenvalue weighted by Gasteiger charge is 1.99. The molecule has 0 N–H and O–H groups in total. The topological polar surface area (TPSA) is 38.7 Å². The van der Waals surface area contributed by atoms with E-state index in [1.54, 1.807) is 12.4 Å². The number of fused-ring (bicyclic) bond motifs is 1. The van der Waals surface area contributed by atoms with Gasteiger partial charge in [0, 0.05) is 5.39 Å². The molecule has 0 amide bonds. The van der Waals surface area contributed by atoms with Crippen molar-refractivity contribution in [2.75, 3.05) is 0 Å². The molecule has 0 aliphatic rings. The van der Waals surface area contributed by atoms with Crippen LogP contribution in [-0.2, 0) is 0 Å². The van der Waals surface area contributed by atoms with Gasteiger partial charge in [-0.2, -0.15) is 14.6 Å². The first-order chi connectivity index (χ1) is 4.88. The summed E-state index contributed by atoms with van der Waals surface area (Å²) in [7, 11) is 0. The number of nitrogens with zero attached hydrogens (tertiary/aromatic N) is 3. The summed E-state index contributed by atoms with van der Waals surface area (Å²) < 4.78 is 5.26. The fraction of sp³-hybridized carbons (Fsp3) is 0.167. The van der Waals surface area contributed by atoms with Crippen LogP contribution in [0.3, 0.4) is 0 Å². The quantitative estimate of drug-likeness (QED) is 0.571.